The van der Waals surface area contributed by atoms with Gasteiger partial charge in [0.1, 0.15) is 0 Å². The lowest BCUT2D eigenvalue weighted by Crippen LogP contribution is -2.28. The molecule has 88 valence electrons. The largest absolute Gasteiger partial charge is 0.334 e. The summed E-state index contributed by atoms with van der Waals surface area (Å²) in [5.41, 5.74) is 1.70. The summed E-state index contributed by atoms with van der Waals surface area (Å²) in [5, 5.41) is 9.95. The van der Waals surface area contributed by atoms with E-state index in [4.69, 9.17) is 11.6 Å². The highest BCUT2D eigenvalue weighted by Gasteiger charge is 2.04. The number of thiophene rings is 1. The van der Waals surface area contributed by atoms with Crippen LogP contribution in [0.3, 0.4) is 0 Å². The minimum Gasteiger partial charge on any atom is -0.334 e. The number of urea groups is 1. The number of rotatable bonds is 3. The third-order valence-electron chi connectivity index (χ3n) is 2.16. The molecule has 17 heavy (non-hydrogen) atoms. The van der Waals surface area contributed by atoms with E-state index in [1.165, 1.54) is 0 Å². The lowest BCUT2D eigenvalue weighted by Gasteiger charge is -2.07. The maximum absolute atomic E-state index is 11.6. The Balaban J connectivity index is 1.87. The molecule has 2 aromatic rings. The second-order valence-corrected chi connectivity index (χ2v) is 4.61. The van der Waals surface area contributed by atoms with Crippen LogP contribution >= 0.6 is 22.9 Å². The van der Waals surface area contributed by atoms with Crippen molar-refractivity contribution in [3.05, 3.63) is 51.7 Å². The van der Waals surface area contributed by atoms with E-state index in [-0.39, 0.29) is 6.03 Å². The molecule has 0 unspecified atom stereocenters. The van der Waals surface area contributed by atoms with Crippen molar-refractivity contribution in [1.82, 2.24) is 5.32 Å². The fourth-order valence-electron chi connectivity index (χ4n) is 1.30. The number of hydrogen-bond donors (Lipinski definition) is 2. The minimum absolute atomic E-state index is 0.260. The van der Waals surface area contributed by atoms with Crippen LogP contribution in [0.15, 0.2) is 41.1 Å². The summed E-state index contributed by atoms with van der Waals surface area (Å²) in [6.45, 7) is 0.514. The van der Waals surface area contributed by atoms with E-state index in [2.05, 4.69) is 10.6 Å². The minimum atomic E-state index is -0.260. The van der Waals surface area contributed by atoms with Crippen molar-refractivity contribution in [3.8, 4) is 0 Å². The van der Waals surface area contributed by atoms with Gasteiger partial charge in [-0.25, -0.2) is 4.79 Å². The molecule has 1 aromatic heterocycles. The average molecular weight is 267 g/mol. The van der Waals surface area contributed by atoms with Crippen molar-refractivity contribution in [1.29, 1.82) is 0 Å². The first-order chi connectivity index (χ1) is 8.25. The highest BCUT2D eigenvalue weighted by molar-refractivity contribution is 7.07. The highest BCUT2D eigenvalue weighted by atomic mass is 35.5. The maximum atomic E-state index is 11.6. The van der Waals surface area contributed by atoms with Crippen LogP contribution in [0.5, 0.6) is 0 Å². The molecule has 0 saturated heterocycles. The second-order valence-electron chi connectivity index (χ2n) is 3.42. The predicted octanol–water partition coefficient (Wildman–Crippen LogP) is 3.72. The van der Waals surface area contributed by atoms with Crippen molar-refractivity contribution in [2.45, 2.75) is 6.54 Å². The van der Waals surface area contributed by atoms with Crippen molar-refractivity contribution in [2.75, 3.05) is 5.32 Å². The first-order valence-electron chi connectivity index (χ1n) is 5.06. The van der Waals surface area contributed by atoms with Gasteiger partial charge in [0, 0.05) is 6.54 Å². The SMILES string of the molecule is O=C(NCc1ccsc1)Nc1ccccc1Cl. The zero-order valence-electron chi connectivity index (χ0n) is 8.94. The van der Waals surface area contributed by atoms with Crippen LogP contribution in [0, 0.1) is 0 Å². The van der Waals surface area contributed by atoms with Gasteiger partial charge in [0.15, 0.2) is 0 Å². The molecule has 0 radical (unpaired) electrons. The number of halogens is 1. The van der Waals surface area contributed by atoms with E-state index in [0.717, 1.165) is 5.56 Å². The Bertz CT molecular complexity index is 499. The Morgan fingerprint density at radius 1 is 1.29 bits per heavy atom. The van der Waals surface area contributed by atoms with Gasteiger partial charge in [0.2, 0.25) is 0 Å². The average Bonchev–Trinajstić information content (AvgIpc) is 2.82. The Morgan fingerprint density at radius 3 is 2.82 bits per heavy atom. The molecule has 2 amide bonds. The van der Waals surface area contributed by atoms with Crippen LogP contribution in [0.1, 0.15) is 5.56 Å². The van der Waals surface area contributed by atoms with Gasteiger partial charge in [-0.3, -0.25) is 0 Å². The number of amides is 2. The molecule has 0 fully saturated rings. The molecule has 3 nitrogen and oxygen atoms in total. The molecule has 1 heterocycles. The molecule has 2 N–H and O–H groups in total. The molecule has 0 bridgehead atoms. The van der Waals surface area contributed by atoms with Gasteiger partial charge in [-0.2, -0.15) is 11.3 Å². The number of para-hydroxylation sites is 1. The molecule has 0 saturated carbocycles. The summed E-state index contributed by atoms with van der Waals surface area (Å²) in [4.78, 5) is 11.6. The third-order valence-corrected chi connectivity index (χ3v) is 3.22. The zero-order chi connectivity index (χ0) is 12.1. The summed E-state index contributed by atoms with van der Waals surface area (Å²) in [7, 11) is 0. The van der Waals surface area contributed by atoms with Crippen molar-refractivity contribution in [3.63, 3.8) is 0 Å². The molecule has 1 aromatic carbocycles. The van der Waals surface area contributed by atoms with Crippen molar-refractivity contribution >= 4 is 34.7 Å². The van der Waals surface area contributed by atoms with Gasteiger partial charge in [-0.15, -0.1) is 0 Å². The highest BCUT2D eigenvalue weighted by Crippen LogP contribution is 2.20. The number of benzene rings is 1. The van der Waals surface area contributed by atoms with Crippen LogP contribution in [0.4, 0.5) is 10.5 Å². The monoisotopic (exact) mass is 266 g/mol. The number of anilines is 1. The Kier molecular flexibility index (Phi) is 4.01. The van der Waals surface area contributed by atoms with Gasteiger partial charge in [0.05, 0.1) is 10.7 Å². The van der Waals surface area contributed by atoms with Crippen LogP contribution < -0.4 is 10.6 Å². The van der Waals surface area contributed by atoms with Gasteiger partial charge in [-0.1, -0.05) is 23.7 Å². The first kappa shape index (κ1) is 12.0. The summed E-state index contributed by atoms with van der Waals surface area (Å²) >= 11 is 7.53. The number of hydrogen-bond acceptors (Lipinski definition) is 2. The number of carbonyl (C=O) groups is 1. The van der Waals surface area contributed by atoms with E-state index in [1.807, 2.05) is 29.0 Å². The fraction of sp³-hybridized carbons (Fsp3) is 0.0833. The molecular weight excluding hydrogens is 256 g/mol. The zero-order valence-corrected chi connectivity index (χ0v) is 10.5. The lowest BCUT2D eigenvalue weighted by molar-refractivity contribution is 0.252. The smallest absolute Gasteiger partial charge is 0.319 e. The molecule has 5 heteroatoms. The third kappa shape index (κ3) is 3.47. The summed E-state index contributed by atoms with van der Waals surface area (Å²) < 4.78 is 0. The van der Waals surface area contributed by atoms with Gasteiger partial charge in [0.25, 0.3) is 0 Å². The number of nitrogens with one attached hydrogen (secondary N) is 2. The molecule has 2 rings (SSSR count). The van der Waals surface area contributed by atoms with Crippen LogP contribution in [0.25, 0.3) is 0 Å². The lowest BCUT2D eigenvalue weighted by atomic mass is 10.3. The van der Waals surface area contributed by atoms with Crippen LogP contribution in [-0.2, 0) is 6.54 Å². The summed E-state index contributed by atoms with van der Waals surface area (Å²) in [6, 6.07) is 8.84. The molecule has 0 atom stereocenters. The van der Waals surface area contributed by atoms with Crippen molar-refractivity contribution in [2.24, 2.45) is 0 Å². The number of carbonyl (C=O) groups excluding carboxylic acids is 1. The molecule has 0 spiro atoms. The predicted molar refractivity (Wildman–Crippen MR) is 71.6 cm³/mol. The normalized spacial score (nSPS) is 9.94. The van der Waals surface area contributed by atoms with Crippen LogP contribution in [-0.4, -0.2) is 6.03 Å². The molecule has 0 aliphatic carbocycles. The quantitative estimate of drug-likeness (QED) is 0.873. The van der Waals surface area contributed by atoms with Gasteiger partial charge in [-0.05, 0) is 34.5 Å². The van der Waals surface area contributed by atoms with Gasteiger partial charge < -0.3 is 10.6 Å². The first-order valence-corrected chi connectivity index (χ1v) is 6.38. The Morgan fingerprint density at radius 2 is 2.12 bits per heavy atom. The second kappa shape index (κ2) is 5.70. The van der Waals surface area contributed by atoms with E-state index in [1.54, 1.807) is 23.5 Å². The van der Waals surface area contributed by atoms with E-state index < -0.39 is 0 Å². The standard InChI is InChI=1S/C12H11ClN2OS/c13-10-3-1-2-4-11(10)15-12(16)14-7-9-5-6-17-8-9/h1-6,8H,7H2,(H2,14,15,16). The van der Waals surface area contributed by atoms with E-state index in [9.17, 15) is 4.79 Å². The van der Waals surface area contributed by atoms with Gasteiger partial charge >= 0.3 is 6.03 Å². The fourth-order valence-corrected chi connectivity index (χ4v) is 2.16. The van der Waals surface area contributed by atoms with Crippen molar-refractivity contribution < 1.29 is 4.79 Å². The molecular formula is C12H11ClN2OS. The Hall–Kier alpha value is -1.52. The van der Waals surface area contributed by atoms with E-state index in [0.29, 0.717) is 17.3 Å². The molecule has 0 aliphatic rings. The maximum Gasteiger partial charge on any atom is 0.319 e. The Labute approximate surface area is 108 Å². The summed E-state index contributed by atoms with van der Waals surface area (Å²) in [6.07, 6.45) is 0. The summed E-state index contributed by atoms with van der Waals surface area (Å²) in [5.74, 6) is 0. The van der Waals surface area contributed by atoms with E-state index >= 15 is 0 Å². The molecule has 0 aliphatic heterocycles. The van der Waals surface area contributed by atoms with Crippen LogP contribution in [0.2, 0.25) is 5.02 Å². The topological polar surface area (TPSA) is 41.1 Å².